The average molecular weight is 422 g/mol. The fourth-order valence-corrected chi connectivity index (χ4v) is 3.75. The smallest absolute Gasteiger partial charge is 0.227 e. The molecule has 0 bridgehead atoms. The molecule has 0 saturated heterocycles. The summed E-state index contributed by atoms with van der Waals surface area (Å²) in [4.78, 5) is 17.6. The summed E-state index contributed by atoms with van der Waals surface area (Å²) in [5.74, 6) is -1.48. The molecular weight excluding hydrogens is 404 g/mol. The molecule has 146 valence electrons. The predicted molar refractivity (Wildman–Crippen MR) is 108 cm³/mol. The number of benzene rings is 2. The van der Waals surface area contributed by atoms with Crippen molar-refractivity contribution in [2.45, 2.75) is 19.4 Å². The van der Waals surface area contributed by atoms with Crippen LogP contribution in [-0.4, -0.2) is 10.9 Å². The monoisotopic (exact) mass is 421 g/mol. The lowest BCUT2D eigenvalue weighted by molar-refractivity contribution is -0.119. The minimum Gasteiger partial charge on any atom is -0.326 e. The minimum atomic E-state index is -0.546. The number of nitrogens with zero attached hydrogens (tertiary/aromatic N) is 1. The number of thiazole rings is 1. The molecule has 28 heavy (non-hydrogen) atoms. The molecule has 1 heterocycles. The van der Waals surface area contributed by atoms with E-state index in [1.54, 1.807) is 25.3 Å². The second kappa shape index (κ2) is 8.77. The Hall–Kier alpha value is -2.35. The third-order valence-electron chi connectivity index (χ3n) is 4.21. The largest absolute Gasteiger partial charge is 0.326 e. The number of hydrogen-bond acceptors (Lipinski definition) is 4. The van der Waals surface area contributed by atoms with E-state index in [4.69, 9.17) is 17.3 Å². The van der Waals surface area contributed by atoms with Gasteiger partial charge in [-0.2, -0.15) is 0 Å². The number of aromatic nitrogens is 1. The molecule has 1 aromatic heterocycles. The average Bonchev–Trinajstić information content (AvgIpc) is 3.15. The van der Waals surface area contributed by atoms with Crippen LogP contribution in [0.4, 0.5) is 14.5 Å². The molecule has 0 fully saturated rings. The molecule has 3 rings (SSSR count). The molecule has 2 atom stereocenters. The summed E-state index contributed by atoms with van der Waals surface area (Å²) in [7, 11) is 0. The number of nitrogens with two attached hydrogens (primary N) is 1. The molecule has 3 N–H and O–H groups in total. The number of rotatable bonds is 6. The van der Waals surface area contributed by atoms with E-state index < -0.39 is 17.8 Å². The van der Waals surface area contributed by atoms with E-state index >= 15 is 0 Å². The van der Waals surface area contributed by atoms with Crippen LogP contribution in [-0.2, 0) is 4.79 Å². The first kappa shape index (κ1) is 20.4. The third-order valence-corrected chi connectivity index (χ3v) is 5.68. The van der Waals surface area contributed by atoms with Crippen LogP contribution in [0, 0.1) is 17.6 Å². The molecule has 0 aliphatic carbocycles. The van der Waals surface area contributed by atoms with E-state index in [1.165, 1.54) is 41.7 Å². The molecule has 0 spiro atoms. The van der Waals surface area contributed by atoms with Crippen molar-refractivity contribution in [1.82, 2.24) is 4.98 Å². The topological polar surface area (TPSA) is 68.0 Å². The van der Waals surface area contributed by atoms with Crippen LogP contribution >= 0.6 is 22.9 Å². The van der Waals surface area contributed by atoms with Crippen LogP contribution in [0.15, 0.2) is 48.7 Å². The van der Waals surface area contributed by atoms with E-state index in [0.29, 0.717) is 17.1 Å². The summed E-state index contributed by atoms with van der Waals surface area (Å²) in [6.45, 7) is 1.76. The second-order valence-corrected chi connectivity index (χ2v) is 7.90. The number of nitrogens with one attached hydrogen (secondary N) is 1. The Kier molecular flexibility index (Phi) is 6.39. The Bertz CT molecular complexity index is 978. The molecule has 3 aromatic rings. The Morgan fingerprint density at radius 2 is 1.96 bits per heavy atom. The van der Waals surface area contributed by atoms with E-state index in [0.717, 1.165) is 10.4 Å². The zero-order chi connectivity index (χ0) is 20.3. The number of halogens is 3. The molecule has 0 radical (unpaired) electrons. The van der Waals surface area contributed by atoms with Gasteiger partial charge in [-0.05, 0) is 42.3 Å². The zero-order valence-electron chi connectivity index (χ0n) is 15.0. The van der Waals surface area contributed by atoms with Gasteiger partial charge in [0.25, 0.3) is 0 Å². The van der Waals surface area contributed by atoms with Gasteiger partial charge in [-0.1, -0.05) is 30.7 Å². The summed E-state index contributed by atoms with van der Waals surface area (Å²) >= 11 is 7.14. The Balaban J connectivity index is 1.62. The third kappa shape index (κ3) is 4.92. The summed E-state index contributed by atoms with van der Waals surface area (Å²) in [5.41, 5.74) is 7.50. The molecule has 1 amide bonds. The highest BCUT2D eigenvalue weighted by Crippen LogP contribution is 2.31. The first-order valence-electron chi connectivity index (χ1n) is 8.56. The maximum absolute atomic E-state index is 13.2. The van der Waals surface area contributed by atoms with Gasteiger partial charge < -0.3 is 11.1 Å². The number of hydrogen-bond donors (Lipinski definition) is 2. The molecular formula is C20H18ClF2N3OS. The van der Waals surface area contributed by atoms with E-state index in [2.05, 4.69) is 10.3 Å². The summed E-state index contributed by atoms with van der Waals surface area (Å²) in [6, 6.07) is 9.73. The van der Waals surface area contributed by atoms with Gasteiger partial charge in [-0.15, -0.1) is 11.3 Å². The van der Waals surface area contributed by atoms with Crippen molar-refractivity contribution in [2.24, 2.45) is 11.7 Å². The first-order valence-corrected chi connectivity index (χ1v) is 9.76. The number of amides is 1. The van der Waals surface area contributed by atoms with Gasteiger partial charge in [0.2, 0.25) is 5.91 Å². The molecule has 0 aliphatic heterocycles. The lowest BCUT2D eigenvalue weighted by Crippen LogP contribution is -2.24. The Morgan fingerprint density at radius 3 is 2.64 bits per heavy atom. The highest BCUT2D eigenvalue weighted by molar-refractivity contribution is 7.15. The fraction of sp³-hybridized carbons (Fsp3) is 0.200. The Morgan fingerprint density at radius 1 is 1.25 bits per heavy atom. The van der Waals surface area contributed by atoms with Crippen molar-refractivity contribution < 1.29 is 13.6 Å². The molecule has 0 unspecified atom stereocenters. The lowest BCUT2D eigenvalue weighted by Gasteiger charge is -2.16. The zero-order valence-corrected chi connectivity index (χ0v) is 16.5. The first-order chi connectivity index (χ1) is 13.3. The summed E-state index contributed by atoms with van der Waals surface area (Å²) < 4.78 is 26.3. The van der Waals surface area contributed by atoms with Gasteiger partial charge in [-0.3, -0.25) is 4.79 Å². The standard InChI is InChI=1S/C20H18ClF2N3OS/c1-11(19(27)26-14-6-7-16(23)15(21)9-14)8-17(24)20-25-10-18(28-20)12-2-4-13(22)5-3-12/h2-7,9-11,17H,8,24H2,1H3,(H,26,27)/t11-,17+/m1/s1. The van der Waals surface area contributed by atoms with E-state index in [1.807, 2.05) is 0 Å². The predicted octanol–water partition coefficient (Wildman–Crippen LogP) is 5.41. The number of anilines is 1. The highest BCUT2D eigenvalue weighted by atomic mass is 35.5. The molecule has 0 saturated carbocycles. The highest BCUT2D eigenvalue weighted by Gasteiger charge is 2.20. The minimum absolute atomic E-state index is 0.0572. The fourth-order valence-electron chi connectivity index (χ4n) is 2.63. The van der Waals surface area contributed by atoms with Gasteiger partial charge in [0.15, 0.2) is 0 Å². The molecule has 0 aliphatic rings. The summed E-state index contributed by atoms with van der Waals surface area (Å²) in [5, 5.41) is 3.35. The maximum atomic E-state index is 13.2. The van der Waals surface area contributed by atoms with Crippen molar-refractivity contribution in [3.63, 3.8) is 0 Å². The summed E-state index contributed by atoms with van der Waals surface area (Å²) in [6.07, 6.45) is 2.08. The molecule has 8 heteroatoms. The van der Waals surface area contributed by atoms with Gasteiger partial charge in [0, 0.05) is 17.8 Å². The normalized spacial score (nSPS) is 13.2. The lowest BCUT2D eigenvalue weighted by atomic mass is 10.0. The Labute approximate surface area is 170 Å². The molecule has 4 nitrogen and oxygen atoms in total. The van der Waals surface area contributed by atoms with Gasteiger partial charge in [0.1, 0.15) is 16.6 Å². The van der Waals surface area contributed by atoms with Crippen LogP contribution in [0.5, 0.6) is 0 Å². The van der Waals surface area contributed by atoms with Crippen molar-refractivity contribution in [1.29, 1.82) is 0 Å². The van der Waals surface area contributed by atoms with Crippen LogP contribution in [0.3, 0.4) is 0 Å². The van der Waals surface area contributed by atoms with Crippen LogP contribution in [0.2, 0.25) is 5.02 Å². The van der Waals surface area contributed by atoms with Crippen LogP contribution in [0.1, 0.15) is 24.4 Å². The van der Waals surface area contributed by atoms with Crippen molar-refractivity contribution in [2.75, 3.05) is 5.32 Å². The van der Waals surface area contributed by atoms with Crippen molar-refractivity contribution in [3.05, 3.63) is 70.3 Å². The van der Waals surface area contributed by atoms with E-state index in [9.17, 15) is 13.6 Å². The van der Waals surface area contributed by atoms with Crippen molar-refractivity contribution in [3.8, 4) is 10.4 Å². The quantitative estimate of drug-likeness (QED) is 0.559. The van der Waals surface area contributed by atoms with Crippen LogP contribution < -0.4 is 11.1 Å². The second-order valence-electron chi connectivity index (χ2n) is 6.43. The maximum Gasteiger partial charge on any atom is 0.227 e. The molecule has 2 aromatic carbocycles. The van der Waals surface area contributed by atoms with Gasteiger partial charge >= 0.3 is 0 Å². The number of carbonyl (C=O) groups excluding carboxylic acids is 1. The van der Waals surface area contributed by atoms with E-state index in [-0.39, 0.29) is 16.7 Å². The number of carbonyl (C=O) groups is 1. The van der Waals surface area contributed by atoms with Gasteiger partial charge in [0.05, 0.1) is 15.9 Å². The van der Waals surface area contributed by atoms with Crippen molar-refractivity contribution >= 4 is 34.5 Å². The SMILES string of the molecule is C[C@H](C[C@H](N)c1ncc(-c2ccc(F)cc2)s1)C(=O)Nc1ccc(F)c(Cl)c1. The van der Waals surface area contributed by atoms with Crippen LogP contribution in [0.25, 0.3) is 10.4 Å². The van der Waals surface area contributed by atoms with Gasteiger partial charge in [-0.25, -0.2) is 13.8 Å².